The third kappa shape index (κ3) is 5.22. The number of likely N-dealkylation sites (tertiary alicyclic amines) is 1. The Morgan fingerprint density at radius 1 is 0.952 bits per heavy atom. The van der Waals surface area contributed by atoms with Crippen molar-refractivity contribution in [2.75, 3.05) is 19.6 Å². The average Bonchev–Trinajstić information content (AvgIpc) is 3.63. The highest BCUT2D eigenvalue weighted by atomic mass is 19.4. The monoisotopic (exact) mass is 583 g/mol. The maximum atomic E-state index is 13.0. The molecule has 4 saturated carbocycles. The van der Waals surface area contributed by atoms with Gasteiger partial charge in [0.1, 0.15) is 18.2 Å². The van der Waals surface area contributed by atoms with Crippen molar-refractivity contribution in [2.24, 2.45) is 12.5 Å². The second-order valence-corrected chi connectivity index (χ2v) is 13.3. The van der Waals surface area contributed by atoms with Crippen LogP contribution in [-0.2, 0) is 25.2 Å². The first kappa shape index (κ1) is 27.9. The fourth-order valence-corrected chi connectivity index (χ4v) is 7.96. The molecular formula is C31H40F3N7O. The van der Waals surface area contributed by atoms with Gasteiger partial charge in [-0.05, 0) is 107 Å². The molecule has 2 aromatic heterocycles. The zero-order valence-corrected chi connectivity index (χ0v) is 24.3. The summed E-state index contributed by atoms with van der Waals surface area (Å²) < 4.78 is 48.8. The third-order valence-electron chi connectivity index (χ3n) is 10.9. The van der Waals surface area contributed by atoms with E-state index in [9.17, 15) is 13.2 Å². The molecule has 0 radical (unpaired) electrons. The number of halogens is 3. The van der Waals surface area contributed by atoms with E-state index >= 15 is 0 Å². The van der Waals surface area contributed by atoms with Gasteiger partial charge in [-0.2, -0.15) is 13.2 Å². The Hall–Kier alpha value is -2.95. The number of alkyl halides is 3. The van der Waals surface area contributed by atoms with Crippen LogP contribution in [0.2, 0.25) is 0 Å². The van der Waals surface area contributed by atoms with Gasteiger partial charge < -0.3 is 14.2 Å². The number of benzene rings is 1. The van der Waals surface area contributed by atoms with Crippen LogP contribution in [0.5, 0.6) is 5.75 Å². The first-order valence-corrected chi connectivity index (χ1v) is 15.6. The molecule has 3 aromatic rings. The van der Waals surface area contributed by atoms with E-state index in [1.54, 1.807) is 0 Å². The predicted octanol–water partition coefficient (Wildman–Crippen LogP) is 6.20. The fraction of sp³-hybridized carbons (Fsp3) is 0.677. The van der Waals surface area contributed by atoms with Crippen molar-refractivity contribution in [1.29, 1.82) is 0 Å². The summed E-state index contributed by atoms with van der Waals surface area (Å²) in [5.41, 5.74) is 1.24. The van der Waals surface area contributed by atoms with Crippen LogP contribution in [0.15, 0.2) is 30.5 Å². The topological polar surface area (TPSA) is 73.9 Å². The molecule has 3 heterocycles. The Labute approximate surface area is 244 Å². The molecule has 8 rings (SSSR count). The Kier molecular flexibility index (Phi) is 7.06. The average molecular weight is 584 g/mol. The van der Waals surface area contributed by atoms with Crippen LogP contribution in [0.1, 0.15) is 105 Å². The molecule has 2 bridgehead atoms. The number of hydrogen-bond donors (Lipinski definition) is 0. The highest BCUT2D eigenvalue weighted by Gasteiger charge is 2.51. The van der Waals surface area contributed by atoms with E-state index in [1.165, 1.54) is 82.4 Å². The first-order chi connectivity index (χ1) is 20.2. The minimum Gasteiger partial charge on any atom is -0.486 e. The minimum atomic E-state index is -4.41. The van der Waals surface area contributed by atoms with Gasteiger partial charge in [-0.3, -0.25) is 0 Å². The lowest BCUT2D eigenvalue weighted by Crippen LogP contribution is -2.52. The largest absolute Gasteiger partial charge is 0.486 e. The summed E-state index contributed by atoms with van der Waals surface area (Å²) in [5.74, 6) is 1.94. The van der Waals surface area contributed by atoms with Gasteiger partial charge in [0.25, 0.3) is 0 Å². The van der Waals surface area contributed by atoms with E-state index in [2.05, 4.69) is 31.2 Å². The standard InChI is InChI=1S/C31H40F3N7O/c1-39-27(20-42-25-5-2-4-23(18-25)31(32,33)34)36-37-28(39)22-6-8-24(9-7-22)41-19-26(35-38-41)30-13-10-29(11-14-30,12-15-30)21-40-16-3-17-40/h2,4-5,18-19,22,24H,3,6-17,20-21H2,1H3/t22-,24-,29?,30?. The Morgan fingerprint density at radius 3 is 2.36 bits per heavy atom. The molecule has 42 heavy (non-hydrogen) atoms. The van der Waals surface area contributed by atoms with E-state index in [1.807, 2.05) is 11.6 Å². The van der Waals surface area contributed by atoms with E-state index in [0.717, 1.165) is 43.6 Å². The van der Waals surface area contributed by atoms with Crippen molar-refractivity contribution in [1.82, 2.24) is 34.7 Å². The molecule has 0 unspecified atom stereocenters. The summed E-state index contributed by atoms with van der Waals surface area (Å²) >= 11 is 0. The molecule has 1 aromatic carbocycles. The molecule has 0 N–H and O–H groups in total. The van der Waals surface area contributed by atoms with Gasteiger partial charge in [-0.25, -0.2) is 4.68 Å². The normalized spacial score (nSPS) is 29.9. The van der Waals surface area contributed by atoms with Crippen LogP contribution in [0, 0.1) is 5.41 Å². The highest BCUT2D eigenvalue weighted by molar-refractivity contribution is 5.30. The third-order valence-corrected chi connectivity index (χ3v) is 10.9. The summed E-state index contributed by atoms with van der Waals surface area (Å²) in [5, 5.41) is 18.1. The second kappa shape index (κ2) is 10.6. The summed E-state index contributed by atoms with van der Waals surface area (Å²) in [7, 11) is 1.90. The molecule has 5 aliphatic rings. The Morgan fingerprint density at radius 2 is 1.69 bits per heavy atom. The maximum Gasteiger partial charge on any atom is 0.416 e. The summed E-state index contributed by atoms with van der Waals surface area (Å²) in [6.45, 7) is 3.94. The molecule has 1 saturated heterocycles. The van der Waals surface area contributed by atoms with Gasteiger partial charge in [0, 0.05) is 31.1 Å². The van der Waals surface area contributed by atoms with E-state index < -0.39 is 11.7 Å². The molecule has 0 atom stereocenters. The molecule has 0 spiro atoms. The lowest BCUT2D eigenvalue weighted by molar-refractivity contribution is -0.137. The van der Waals surface area contributed by atoms with Gasteiger partial charge in [-0.1, -0.05) is 11.3 Å². The summed E-state index contributed by atoms with van der Waals surface area (Å²) in [6, 6.07) is 5.26. The minimum absolute atomic E-state index is 0.0585. The number of rotatable bonds is 8. The van der Waals surface area contributed by atoms with Crippen molar-refractivity contribution in [3.05, 3.63) is 53.4 Å². The molecule has 8 nitrogen and oxygen atoms in total. The highest BCUT2D eigenvalue weighted by Crippen LogP contribution is 2.58. The number of nitrogens with zero attached hydrogens (tertiary/aromatic N) is 7. The van der Waals surface area contributed by atoms with E-state index in [0.29, 0.717) is 17.3 Å². The van der Waals surface area contributed by atoms with Crippen molar-refractivity contribution in [3.63, 3.8) is 0 Å². The Balaban J connectivity index is 0.937. The van der Waals surface area contributed by atoms with Crippen molar-refractivity contribution in [3.8, 4) is 5.75 Å². The molecule has 4 aliphatic carbocycles. The zero-order chi connectivity index (χ0) is 29.0. The molecule has 1 aliphatic heterocycles. The number of hydrogen-bond acceptors (Lipinski definition) is 6. The molecule has 11 heteroatoms. The van der Waals surface area contributed by atoms with Crippen LogP contribution < -0.4 is 4.74 Å². The van der Waals surface area contributed by atoms with E-state index in [-0.39, 0.29) is 23.7 Å². The van der Waals surface area contributed by atoms with Crippen molar-refractivity contribution < 1.29 is 17.9 Å². The summed E-state index contributed by atoms with van der Waals surface area (Å²) in [4.78, 5) is 2.65. The number of aromatic nitrogens is 6. The van der Waals surface area contributed by atoms with Gasteiger partial charge in [-0.15, -0.1) is 15.3 Å². The van der Waals surface area contributed by atoms with Gasteiger partial charge in [0.15, 0.2) is 5.82 Å². The Bertz CT molecular complexity index is 1380. The lowest BCUT2D eigenvalue weighted by atomic mass is 9.52. The smallest absolute Gasteiger partial charge is 0.416 e. The van der Waals surface area contributed by atoms with E-state index in [4.69, 9.17) is 9.84 Å². The molecule has 0 amide bonds. The number of fused-ring (bicyclic) bond motifs is 3. The molecule has 226 valence electrons. The van der Waals surface area contributed by atoms with Crippen molar-refractivity contribution >= 4 is 0 Å². The SMILES string of the molecule is Cn1c(COc2cccc(C(F)(F)F)c2)nnc1[C@H]1CC[C@H](n2cc(C34CCC(CN5CCC5)(CC3)CC4)nn2)CC1. The van der Waals surface area contributed by atoms with Crippen LogP contribution in [0.3, 0.4) is 0 Å². The quantitative estimate of drug-likeness (QED) is 0.314. The first-order valence-electron chi connectivity index (χ1n) is 15.6. The van der Waals surface area contributed by atoms with Gasteiger partial charge in [0.2, 0.25) is 0 Å². The molecule has 5 fully saturated rings. The van der Waals surface area contributed by atoms with Crippen LogP contribution in [-0.4, -0.2) is 54.3 Å². The number of ether oxygens (including phenoxy) is 1. The van der Waals surface area contributed by atoms with Gasteiger partial charge >= 0.3 is 6.18 Å². The fourth-order valence-electron chi connectivity index (χ4n) is 7.96. The second-order valence-electron chi connectivity index (χ2n) is 13.3. The lowest BCUT2D eigenvalue weighted by Gasteiger charge is -2.55. The van der Waals surface area contributed by atoms with Crippen molar-refractivity contribution in [2.45, 2.75) is 101 Å². The van der Waals surface area contributed by atoms with Crippen LogP contribution in [0.4, 0.5) is 13.2 Å². The van der Waals surface area contributed by atoms with Gasteiger partial charge in [0.05, 0.1) is 17.3 Å². The van der Waals surface area contributed by atoms with Crippen LogP contribution >= 0.6 is 0 Å². The summed E-state index contributed by atoms with van der Waals surface area (Å²) in [6.07, 6.45) is 10.9. The zero-order valence-electron chi connectivity index (χ0n) is 24.3. The predicted molar refractivity (Wildman–Crippen MR) is 150 cm³/mol. The molecular weight excluding hydrogens is 543 g/mol. The van der Waals surface area contributed by atoms with Crippen LogP contribution in [0.25, 0.3) is 0 Å². The maximum absolute atomic E-state index is 13.0.